The monoisotopic (exact) mass is 277 g/mol. The molecule has 0 heterocycles. The molecule has 3 heteroatoms. The highest BCUT2D eigenvalue weighted by molar-refractivity contribution is 6.18. The van der Waals surface area contributed by atoms with Crippen molar-refractivity contribution in [2.24, 2.45) is 0 Å². The molecule has 0 atom stereocenters. The minimum atomic E-state index is -0.0661. The molecule has 0 bridgehead atoms. The molecule has 0 saturated heterocycles. The number of methoxy groups -OCH3 is 1. The van der Waals surface area contributed by atoms with Crippen molar-refractivity contribution in [1.82, 2.24) is 0 Å². The van der Waals surface area contributed by atoms with Gasteiger partial charge in [0.05, 0.1) is 12.7 Å². The zero-order valence-electron chi connectivity index (χ0n) is 11.7. The van der Waals surface area contributed by atoms with Crippen molar-refractivity contribution in [2.45, 2.75) is 0 Å². The van der Waals surface area contributed by atoms with Crippen molar-refractivity contribution >= 4 is 22.2 Å². The number of ketones is 1. The van der Waals surface area contributed by atoms with Gasteiger partial charge in [-0.3, -0.25) is 4.79 Å². The van der Waals surface area contributed by atoms with E-state index in [1.807, 2.05) is 36.4 Å². The van der Waals surface area contributed by atoms with Crippen molar-refractivity contribution in [1.29, 1.82) is 0 Å². The van der Waals surface area contributed by atoms with Crippen LogP contribution in [-0.2, 0) is 0 Å². The van der Waals surface area contributed by atoms with Crippen LogP contribution in [0.5, 0.6) is 5.75 Å². The van der Waals surface area contributed by atoms with Crippen LogP contribution in [0, 0.1) is 0 Å². The summed E-state index contributed by atoms with van der Waals surface area (Å²) in [5.41, 5.74) is 7.49. The van der Waals surface area contributed by atoms with Crippen molar-refractivity contribution in [3.8, 4) is 5.75 Å². The lowest BCUT2D eigenvalue weighted by molar-refractivity contribution is 0.103. The van der Waals surface area contributed by atoms with E-state index in [2.05, 4.69) is 0 Å². The largest absolute Gasteiger partial charge is 0.496 e. The molecule has 0 amide bonds. The summed E-state index contributed by atoms with van der Waals surface area (Å²) in [5, 5.41) is 1.90. The smallest absolute Gasteiger partial charge is 0.197 e. The van der Waals surface area contributed by atoms with Crippen molar-refractivity contribution in [3.05, 3.63) is 71.8 Å². The maximum absolute atomic E-state index is 12.8. The maximum Gasteiger partial charge on any atom is 0.197 e. The molecule has 3 nitrogen and oxygen atoms in total. The fraction of sp³-hybridized carbons (Fsp3) is 0.0556. The van der Waals surface area contributed by atoms with Crippen LogP contribution in [0.3, 0.4) is 0 Å². The van der Waals surface area contributed by atoms with Crippen LogP contribution >= 0.6 is 0 Å². The number of carbonyl (C=O) groups excluding carboxylic acids is 1. The SMILES string of the molecule is COc1ccc2ccccc2c1C(=O)c1ccc(N)cc1. The van der Waals surface area contributed by atoms with Gasteiger partial charge in [-0.2, -0.15) is 0 Å². The minimum Gasteiger partial charge on any atom is -0.496 e. The van der Waals surface area contributed by atoms with Gasteiger partial charge in [0.1, 0.15) is 5.75 Å². The normalized spacial score (nSPS) is 10.5. The molecule has 3 rings (SSSR count). The summed E-state index contributed by atoms with van der Waals surface area (Å²) >= 11 is 0. The summed E-state index contributed by atoms with van der Waals surface area (Å²) in [4.78, 5) is 12.8. The third-order valence-electron chi connectivity index (χ3n) is 3.51. The number of hydrogen-bond donors (Lipinski definition) is 1. The lowest BCUT2D eigenvalue weighted by Crippen LogP contribution is -2.05. The Morgan fingerprint density at radius 3 is 2.38 bits per heavy atom. The Morgan fingerprint density at radius 2 is 1.67 bits per heavy atom. The number of nitrogen functional groups attached to an aromatic ring is 1. The average molecular weight is 277 g/mol. The van der Waals surface area contributed by atoms with Gasteiger partial charge in [-0.15, -0.1) is 0 Å². The van der Waals surface area contributed by atoms with Crippen molar-refractivity contribution in [2.75, 3.05) is 12.8 Å². The van der Waals surface area contributed by atoms with Gasteiger partial charge in [-0.05, 0) is 41.1 Å². The molecule has 3 aromatic rings. The molecule has 104 valence electrons. The topological polar surface area (TPSA) is 52.3 Å². The first-order valence-electron chi connectivity index (χ1n) is 6.66. The maximum atomic E-state index is 12.8. The van der Waals surface area contributed by atoms with E-state index < -0.39 is 0 Å². The molecular formula is C18H15NO2. The van der Waals surface area contributed by atoms with Gasteiger partial charge >= 0.3 is 0 Å². The minimum absolute atomic E-state index is 0.0661. The third-order valence-corrected chi connectivity index (χ3v) is 3.51. The fourth-order valence-corrected chi connectivity index (χ4v) is 2.43. The average Bonchev–Trinajstić information content (AvgIpc) is 2.53. The second-order valence-corrected chi connectivity index (χ2v) is 4.82. The molecular weight excluding hydrogens is 262 g/mol. The van der Waals surface area contributed by atoms with Crippen LogP contribution in [0.15, 0.2) is 60.7 Å². The van der Waals surface area contributed by atoms with E-state index in [1.54, 1.807) is 31.4 Å². The van der Waals surface area contributed by atoms with Crippen molar-refractivity contribution in [3.63, 3.8) is 0 Å². The van der Waals surface area contributed by atoms with E-state index in [0.29, 0.717) is 22.6 Å². The van der Waals surface area contributed by atoms with Gasteiger partial charge in [-0.25, -0.2) is 0 Å². The van der Waals surface area contributed by atoms with E-state index >= 15 is 0 Å². The molecule has 0 aliphatic heterocycles. The summed E-state index contributed by atoms with van der Waals surface area (Å²) < 4.78 is 5.37. The Bertz CT molecular complexity index is 807. The van der Waals surface area contributed by atoms with E-state index in [1.165, 1.54) is 0 Å². The van der Waals surface area contributed by atoms with Gasteiger partial charge < -0.3 is 10.5 Å². The highest BCUT2D eigenvalue weighted by atomic mass is 16.5. The van der Waals surface area contributed by atoms with Crippen LogP contribution < -0.4 is 10.5 Å². The van der Waals surface area contributed by atoms with Crippen LogP contribution in [-0.4, -0.2) is 12.9 Å². The summed E-state index contributed by atoms with van der Waals surface area (Å²) in [6, 6.07) is 18.5. The van der Waals surface area contributed by atoms with E-state index in [-0.39, 0.29) is 5.78 Å². The molecule has 21 heavy (non-hydrogen) atoms. The predicted octanol–water partition coefficient (Wildman–Crippen LogP) is 3.66. The van der Waals surface area contributed by atoms with Gasteiger partial charge in [0.2, 0.25) is 0 Å². The van der Waals surface area contributed by atoms with Crippen molar-refractivity contribution < 1.29 is 9.53 Å². The first-order valence-corrected chi connectivity index (χ1v) is 6.66. The number of benzene rings is 3. The number of carbonyl (C=O) groups is 1. The van der Waals surface area contributed by atoms with Gasteiger partial charge in [0, 0.05) is 11.3 Å². The highest BCUT2D eigenvalue weighted by Crippen LogP contribution is 2.30. The Hall–Kier alpha value is -2.81. The first kappa shape index (κ1) is 13.2. The molecule has 0 spiro atoms. The second kappa shape index (κ2) is 5.29. The van der Waals surface area contributed by atoms with Gasteiger partial charge in [0.25, 0.3) is 0 Å². The number of fused-ring (bicyclic) bond motifs is 1. The Labute approximate surface area is 123 Å². The van der Waals surface area contributed by atoms with E-state index in [9.17, 15) is 4.79 Å². The van der Waals surface area contributed by atoms with E-state index in [4.69, 9.17) is 10.5 Å². The van der Waals surface area contributed by atoms with Gasteiger partial charge in [0.15, 0.2) is 5.78 Å². The summed E-state index contributed by atoms with van der Waals surface area (Å²) in [5.74, 6) is 0.513. The van der Waals surface area contributed by atoms with Crippen LogP contribution in [0.25, 0.3) is 10.8 Å². The van der Waals surface area contributed by atoms with Crippen LogP contribution in [0.1, 0.15) is 15.9 Å². The molecule has 2 N–H and O–H groups in total. The molecule has 3 aromatic carbocycles. The first-order chi connectivity index (χ1) is 10.2. The highest BCUT2D eigenvalue weighted by Gasteiger charge is 2.17. The second-order valence-electron chi connectivity index (χ2n) is 4.82. The summed E-state index contributed by atoms with van der Waals surface area (Å²) in [6.45, 7) is 0. The molecule has 0 aromatic heterocycles. The third kappa shape index (κ3) is 2.34. The molecule has 0 fully saturated rings. The lowest BCUT2D eigenvalue weighted by atomic mass is 9.96. The number of rotatable bonds is 3. The zero-order valence-corrected chi connectivity index (χ0v) is 11.7. The standard InChI is InChI=1S/C18H15NO2/c1-21-16-11-8-12-4-2-3-5-15(12)17(16)18(20)13-6-9-14(19)10-7-13/h2-11H,19H2,1H3. The Morgan fingerprint density at radius 1 is 0.952 bits per heavy atom. The predicted molar refractivity (Wildman–Crippen MR) is 84.8 cm³/mol. The Balaban J connectivity index is 2.22. The fourth-order valence-electron chi connectivity index (χ4n) is 2.43. The zero-order chi connectivity index (χ0) is 14.8. The molecule has 0 aliphatic rings. The molecule has 0 saturated carbocycles. The van der Waals surface area contributed by atoms with Crippen LogP contribution in [0.2, 0.25) is 0 Å². The molecule has 0 unspecified atom stereocenters. The molecule has 0 aliphatic carbocycles. The van der Waals surface area contributed by atoms with Gasteiger partial charge in [-0.1, -0.05) is 30.3 Å². The number of hydrogen-bond acceptors (Lipinski definition) is 3. The van der Waals surface area contributed by atoms with E-state index in [0.717, 1.165) is 10.8 Å². The molecule has 0 radical (unpaired) electrons. The number of ether oxygens (including phenoxy) is 1. The summed E-state index contributed by atoms with van der Waals surface area (Å²) in [7, 11) is 1.57. The number of anilines is 1. The number of nitrogens with two attached hydrogens (primary N) is 1. The quantitative estimate of drug-likeness (QED) is 0.587. The summed E-state index contributed by atoms with van der Waals surface area (Å²) in [6.07, 6.45) is 0. The van der Waals surface area contributed by atoms with Crippen LogP contribution in [0.4, 0.5) is 5.69 Å². The Kier molecular flexibility index (Phi) is 3.32. The lowest BCUT2D eigenvalue weighted by Gasteiger charge is -2.11.